The van der Waals surface area contributed by atoms with Gasteiger partial charge in [0.1, 0.15) is 6.04 Å². The maximum absolute atomic E-state index is 13.3. The van der Waals surface area contributed by atoms with Gasteiger partial charge in [-0.15, -0.1) is 0 Å². The molecule has 112 valence electrons. The predicted octanol–water partition coefficient (Wildman–Crippen LogP) is 3.61. The first-order valence-electron chi connectivity index (χ1n) is 6.56. The second-order valence-electron chi connectivity index (χ2n) is 4.70. The van der Waals surface area contributed by atoms with Crippen molar-refractivity contribution in [3.8, 4) is 0 Å². The molecule has 0 aliphatic carbocycles. The Morgan fingerprint density at radius 2 is 1.33 bits per heavy atom. The van der Waals surface area contributed by atoms with Crippen LogP contribution in [0.15, 0.2) is 60.7 Å². The lowest BCUT2D eigenvalue weighted by Gasteiger charge is -2.27. The smallest absolute Gasteiger partial charge is 0.394 e. The summed E-state index contributed by atoms with van der Waals surface area (Å²) in [4.78, 5) is 0. The van der Waals surface area contributed by atoms with E-state index in [4.69, 9.17) is 0 Å². The molecule has 0 fully saturated rings. The third kappa shape index (κ3) is 4.06. The molecule has 2 atom stereocenters. The Morgan fingerprint density at radius 3 is 1.76 bits per heavy atom. The highest BCUT2D eigenvalue weighted by molar-refractivity contribution is 5.23. The van der Waals surface area contributed by atoms with Crippen molar-refractivity contribution in [1.82, 2.24) is 5.32 Å². The standard InChI is InChI=1S/C16H16F3NO/c17-16(18,19)15(13-9-5-2-6-10-13)20-14(11-21)12-7-3-1-4-8-12/h1-10,14-15,20-21H,11H2/t14-,15+/m0/s1. The SMILES string of the molecule is OC[C@H](N[C@H](c1ccccc1)C(F)(F)F)c1ccccc1. The van der Waals surface area contributed by atoms with Crippen molar-refractivity contribution in [3.05, 3.63) is 71.8 Å². The van der Waals surface area contributed by atoms with Gasteiger partial charge in [0, 0.05) is 0 Å². The molecule has 2 aromatic rings. The molecule has 0 heterocycles. The van der Waals surface area contributed by atoms with Crippen LogP contribution >= 0.6 is 0 Å². The summed E-state index contributed by atoms with van der Waals surface area (Å²) in [6.07, 6.45) is -4.44. The maximum Gasteiger partial charge on any atom is 0.407 e. The summed E-state index contributed by atoms with van der Waals surface area (Å²) in [5.41, 5.74) is 0.740. The number of aliphatic hydroxyl groups is 1. The minimum absolute atomic E-state index is 0.124. The van der Waals surface area contributed by atoms with Crippen LogP contribution in [-0.4, -0.2) is 17.9 Å². The summed E-state index contributed by atoms with van der Waals surface area (Å²) in [6, 6.07) is 13.6. The average Bonchev–Trinajstić information content (AvgIpc) is 2.49. The zero-order chi connectivity index (χ0) is 15.3. The van der Waals surface area contributed by atoms with Crippen LogP contribution in [0.5, 0.6) is 0 Å². The highest BCUT2D eigenvalue weighted by Crippen LogP contribution is 2.34. The van der Waals surface area contributed by atoms with E-state index < -0.39 is 24.9 Å². The Balaban J connectivity index is 2.26. The van der Waals surface area contributed by atoms with Crippen LogP contribution in [0, 0.1) is 0 Å². The summed E-state index contributed by atoms with van der Waals surface area (Å²) >= 11 is 0. The van der Waals surface area contributed by atoms with Crippen LogP contribution in [0.2, 0.25) is 0 Å². The van der Waals surface area contributed by atoms with E-state index >= 15 is 0 Å². The van der Waals surface area contributed by atoms with Crippen LogP contribution in [-0.2, 0) is 0 Å². The molecule has 0 aliphatic rings. The van der Waals surface area contributed by atoms with Gasteiger partial charge in [0.25, 0.3) is 0 Å². The largest absolute Gasteiger partial charge is 0.407 e. The molecule has 0 aliphatic heterocycles. The zero-order valence-electron chi connectivity index (χ0n) is 11.2. The van der Waals surface area contributed by atoms with E-state index in [1.807, 2.05) is 0 Å². The van der Waals surface area contributed by atoms with E-state index in [-0.39, 0.29) is 5.56 Å². The lowest BCUT2D eigenvalue weighted by atomic mass is 10.0. The number of benzene rings is 2. The van der Waals surface area contributed by atoms with E-state index in [1.165, 1.54) is 12.1 Å². The molecule has 0 aromatic heterocycles. The highest BCUT2D eigenvalue weighted by atomic mass is 19.4. The first kappa shape index (κ1) is 15.5. The Labute approximate surface area is 121 Å². The van der Waals surface area contributed by atoms with Crippen molar-refractivity contribution in [2.75, 3.05) is 6.61 Å². The van der Waals surface area contributed by atoms with Gasteiger partial charge in [-0.25, -0.2) is 0 Å². The third-order valence-corrected chi connectivity index (χ3v) is 3.21. The number of aliphatic hydroxyl groups excluding tert-OH is 1. The van der Waals surface area contributed by atoms with Gasteiger partial charge < -0.3 is 5.11 Å². The first-order valence-corrected chi connectivity index (χ1v) is 6.56. The molecular formula is C16H16F3NO. The fourth-order valence-corrected chi connectivity index (χ4v) is 2.17. The molecule has 2 N–H and O–H groups in total. The number of halogens is 3. The number of rotatable bonds is 5. The molecule has 0 saturated carbocycles. The minimum Gasteiger partial charge on any atom is -0.394 e. The molecule has 0 spiro atoms. The predicted molar refractivity (Wildman–Crippen MR) is 74.6 cm³/mol. The summed E-state index contributed by atoms with van der Waals surface area (Å²) in [5, 5.41) is 11.9. The molecule has 0 bridgehead atoms. The third-order valence-electron chi connectivity index (χ3n) is 3.21. The Bertz CT molecular complexity index is 542. The minimum atomic E-state index is -4.44. The van der Waals surface area contributed by atoms with Crippen molar-refractivity contribution in [2.45, 2.75) is 18.3 Å². The Morgan fingerprint density at radius 1 is 0.857 bits per heavy atom. The van der Waals surface area contributed by atoms with Crippen LogP contribution in [0.25, 0.3) is 0 Å². The normalized spacial score (nSPS) is 14.7. The van der Waals surface area contributed by atoms with Crippen LogP contribution in [0.3, 0.4) is 0 Å². The fraction of sp³-hybridized carbons (Fsp3) is 0.250. The van der Waals surface area contributed by atoms with Crippen molar-refractivity contribution in [3.63, 3.8) is 0 Å². The van der Waals surface area contributed by atoms with E-state index in [0.717, 1.165) is 0 Å². The van der Waals surface area contributed by atoms with Gasteiger partial charge in [0.05, 0.1) is 12.6 Å². The molecular weight excluding hydrogens is 279 g/mol. The molecule has 5 heteroatoms. The number of hydrogen-bond donors (Lipinski definition) is 2. The Kier molecular flexibility index (Phi) is 4.98. The van der Waals surface area contributed by atoms with Crippen molar-refractivity contribution in [1.29, 1.82) is 0 Å². The second kappa shape index (κ2) is 6.74. The van der Waals surface area contributed by atoms with E-state index in [9.17, 15) is 18.3 Å². The number of hydrogen-bond acceptors (Lipinski definition) is 2. The van der Waals surface area contributed by atoms with Crippen LogP contribution in [0.1, 0.15) is 23.2 Å². The number of alkyl halides is 3. The lowest BCUT2D eigenvalue weighted by Crippen LogP contribution is -2.38. The maximum atomic E-state index is 13.3. The van der Waals surface area contributed by atoms with Crippen molar-refractivity contribution in [2.24, 2.45) is 0 Å². The van der Waals surface area contributed by atoms with Crippen molar-refractivity contribution < 1.29 is 18.3 Å². The second-order valence-corrected chi connectivity index (χ2v) is 4.70. The van der Waals surface area contributed by atoms with E-state index in [0.29, 0.717) is 5.56 Å². The molecule has 0 saturated heterocycles. The fourth-order valence-electron chi connectivity index (χ4n) is 2.17. The number of nitrogens with one attached hydrogen (secondary N) is 1. The molecule has 2 aromatic carbocycles. The van der Waals surface area contributed by atoms with Crippen LogP contribution < -0.4 is 5.32 Å². The van der Waals surface area contributed by atoms with Gasteiger partial charge in [-0.2, -0.15) is 13.2 Å². The quantitative estimate of drug-likeness (QED) is 0.883. The summed E-state index contributed by atoms with van der Waals surface area (Å²) in [5.74, 6) is 0. The topological polar surface area (TPSA) is 32.3 Å². The van der Waals surface area contributed by atoms with Gasteiger partial charge in [0.15, 0.2) is 0 Å². The van der Waals surface area contributed by atoms with E-state index in [1.54, 1.807) is 48.5 Å². The Hall–Kier alpha value is -1.85. The van der Waals surface area contributed by atoms with Crippen LogP contribution in [0.4, 0.5) is 13.2 Å². The molecule has 0 amide bonds. The first-order chi connectivity index (χ1) is 10.0. The van der Waals surface area contributed by atoms with Gasteiger partial charge >= 0.3 is 6.18 Å². The molecule has 0 unspecified atom stereocenters. The lowest BCUT2D eigenvalue weighted by molar-refractivity contribution is -0.160. The zero-order valence-corrected chi connectivity index (χ0v) is 11.2. The van der Waals surface area contributed by atoms with Crippen molar-refractivity contribution >= 4 is 0 Å². The van der Waals surface area contributed by atoms with E-state index in [2.05, 4.69) is 5.32 Å². The monoisotopic (exact) mass is 295 g/mol. The summed E-state index contributed by atoms with van der Waals surface area (Å²) in [6.45, 7) is -0.413. The van der Waals surface area contributed by atoms with Gasteiger partial charge in [-0.3, -0.25) is 5.32 Å². The van der Waals surface area contributed by atoms with Gasteiger partial charge in [-0.05, 0) is 11.1 Å². The molecule has 21 heavy (non-hydrogen) atoms. The molecule has 2 nitrogen and oxygen atoms in total. The molecule has 0 radical (unpaired) electrons. The average molecular weight is 295 g/mol. The highest BCUT2D eigenvalue weighted by Gasteiger charge is 2.41. The summed E-state index contributed by atoms with van der Waals surface area (Å²) < 4.78 is 39.8. The molecule has 2 rings (SSSR count). The summed E-state index contributed by atoms with van der Waals surface area (Å²) in [7, 11) is 0. The van der Waals surface area contributed by atoms with Gasteiger partial charge in [-0.1, -0.05) is 60.7 Å². The van der Waals surface area contributed by atoms with Gasteiger partial charge in [0.2, 0.25) is 0 Å².